The van der Waals surface area contributed by atoms with Gasteiger partial charge in [-0.15, -0.1) is 0 Å². The van der Waals surface area contributed by atoms with Crippen molar-refractivity contribution in [2.24, 2.45) is 5.92 Å². The van der Waals surface area contributed by atoms with E-state index in [0.717, 1.165) is 18.9 Å². The molecule has 0 aromatic rings. The maximum absolute atomic E-state index is 10.5. The van der Waals surface area contributed by atoms with E-state index in [9.17, 15) is 4.79 Å². The first-order valence-electron chi connectivity index (χ1n) is 4.20. The van der Waals surface area contributed by atoms with Crippen molar-refractivity contribution in [1.29, 1.82) is 0 Å². The molecule has 0 unspecified atom stereocenters. The highest BCUT2D eigenvalue weighted by atomic mass is 16.3. The van der Waals surface area contributed by atoms with Crippen LogP contribution in [0.1, 0.15) is 25.7 Å². The molecule has 0 aromatic heterocycles. The van der Waals surface area contributed by atoms with Gasteiger partial charge in [-0.1, -0.05) is 19.3 Å². The molecular formula is C8H15NO2. The third-order valence-corrected chi connectivity index (χ3v) is 2.24. The van der Waals surface area contributed by atoms with Crippen LogP contribution in [0.15, 0.2) is 0 Å². The standard InChI is InChI=1S/C8H15NO2/c10-6-8(11)9-5-4-7-2-1-3-7/h7,10H,1-6H2,(H,9,11). The highest BCUT2D eigenvalue weighted by Gasteiger charge is 2.16. The van der Waals surface area contributed by atoms with Crippen molar-refractivity contribution < 1.29 is 9.90 Å². The largest absolute Gasteiger partial charge is 0.387 e. The van der Waals surface area contributed by atoms with E-state index >= 15 is 0 Å². The fourth-order valence-corrected chi connectivity index (χ4v) is 1.25. The Kier molecular flexibility index (Phi) is 3.36. The molecule has 0 heterocycles. The van der Waals surface area contributed by atoms with Gasteiger partial charge < -0.3 is 10.4 Å². The Morgan fingerprint density at radius 2 is 2.27 bits per heavy atom. The molecule has 1 saturated carbocycles. The Balaban J connectivity index is 1.90. The first kappa shape index (κ1) is 8.53. The molecule has 11 heavy (non-hydrogen) atoms. The van der Waals surface area contributed by atoms with Crippen LogP contribution in [0.5, 0.6) is 0 Å². The number of aliphatic hydroxyl groups excluding tert-OH is 1. The number of hydrogen-bond donors (Lipinski definition) is 2. The normalized spacial score (nSPS) is 17.5. The molecule has 3 heteroatoms. The van der Waals surface area contributed by atoms with Gasteiger partial charge in [-0.25, -0.2) is 0 Å². The molecule has 64 valence electrons. The molecule has 0 saturated heterocycles. The molecule has 1 aliphatic rings. The Morgan fingerprint density at radius 1 is 1.55 bits per heavy atom. The second kappa shape index (κ2) is 4.34. The summed E-state index contributed by atoms with van der Waals surface area (Å²) in [6, 6.07) is 0. The fourth-order valence-electron chi connectivity index (χ4n) is 1.25. The zero-order valence-electron chi connectivity index (χ0n) is 6.68. The van der Waals surface area contributed by atoms with Gasteiger partial charge in [0.05, 0.1) is 0 Å². The van der Waals surface area contributed by atoms with Gasteiger partial charge in [-0.3, -0.25) is 4.79 Å². The van der Waals surface area contributed by atoms with Gasteiger partial charge in [0.15, 0.2) is 0 Å². The summed E-state index contributed by atoms with van der Waals surface area (Å²) >= 11 is 0. The average Bonchev–Trinajstić information content (AvgIpc) is 1.94. The molecule has 0 bridgehead atoms. The van der Waals surface area contributed by atoms with E-state index in [1.165, 1.54) is 19.3 Å². The first-order chi connectivity index (χ1) is 5.33. The Hall–Kier alpha value is -0.570. The van der Waals surface area contributed by atoms with E-state index in [0.29, 0.717) is 0 Å². The third kappa shape index (κ3) is 2.89. The number of amides is 1. The van der Waals surface area contributed by atoms with Crippen LogP contribution in [0.3, 0.4) is 0 Å². The Bertz CT molecular complexity index is 132. The first-order valence-corrected chi connectivity index (χ1v) is 4.20. The molecule has 3 nitrogen and oxygen atoms in total. The molecule has 2 N–H and O–H groups in total. The summed E-state index contributed by atoms with van der Waals surface area (Å²) in [6.07, 6.45) is 5.05. The summed E-state index contributed by atoms with van der Waals surface area (Å²) in [4.78, 5) is 10.5. The maximum Gasteiger partial charge on any atom is 0.245 e. The second-order valence-electron chi connectivity index (χ2n) is 3.09. The lowest BCUT2D eigenvalue weighted by Crippen LogP contribution is -2.29. The van der Waals surface area contributed by atoms with Gasteiger partial charge in [0, 0.05) is 6.54 Å². The van der Waals surface area contributed by atoms with Gasteiger partial charge >= 0.3 is 0 Å². The Morgan fingerprint density at radius 3 is 2.73 bits per heavy atom. The zero-order valence-corrected chi connectivity index (χ0v) is 6.68. The van der Waals surface area contributed by atoms with Crippen molar-refractivity contribution >= 4 is 5.91 Å². The molecule has 0 radical (unpaired) electrons. The molecule has 0 aliphatic heterocycles. The number of carbonyl (C=O) groups is 1. The van der Waals surface area contributed by atoms with Crippen LogP contribution in [-0.4, -0.2) is 24.2 Å². The van der Waals surface area contributed by atoms with E-state index in [1.54, 1.807) is 0 Å². The van der Waals surface area contributed by atoms with Crippen molar-refractivity contribution in [3.05, 3.63) is 0 Å². The quantitative estimate of drug-likeness (QED) is 0.616. The minimum Gasteiger partial charge on any atom is -0.387 e. The number of hydrogen-bond acceptors (Lipinski definition) is 2. The number of rotatable bonds is 4. The number of carbonyl (C=O) groups excluding carboxylic acids is 1. The molecule has 0 aromatic carbocycles. The van der Waals surface area contributed by atoms with Crippen LogP contribution >= 0.6 is 0 Å². The fraction of sp³-hybridized carbons (Fsp3) is 0.875. The predicted octanol–water partition coefficient (Wildman–Crippen LogP) is 0.285. The average molecular weight is 157 g/mol. The topological polar surface area (TPSA) is 49.3 Å². The summed E-state index contributed by atoms with van der Waals surface area (Å²) < 4.78 is 0. The van der Waals surface area contributed by atoms with Crippen LogP contribution < -0.4 is 5.32 Å². The van der Waals surface area contributed by atoms with E-state index < -0.39 is 0 Å². The van der Waals surface area contributed by atoms with Crippen LogP contribution in [0.25, 0.3) is 0 Å². The molecule has 1 amide bonds. The van der Waals surface area contributed by atoms with Gasteiger partial charge in [-0.2, -0.15) is 0 Å². The SMILES string of the molecule is O=C(CO)NCCC1CCC1. The highest BCUT2D eigenvalue weighted by molar-refractivity contribution is 5.76. The van der Waals surface area contributed by atoms with Crippen molar-refractivity contribution in [2.45, 2.75) is 25.7 Å². The molecule has 1 rings (SSSR count). The van der Waals surface area contributed by atoms with Crippen LogP contribution in [0.4, 0.5) is 0 Å². The third-order valence-electron chi connectivity index (χ3n) is 2.24. The van der Waals surface area contributed by atoms with Gasteiger partial charge in [0.1, 0.15) is 6.61 Å². The summed E-state index contributed by atoms with van der Waals surface area (Å²) in [5.41, 5.74) is 0. The van der Waals surface area contributed by atoms with Crippen molar-refractivity contribution in [2.75, 3.05) is 13.2 Å². The number of nitrogens with one attached hydrogen (secondary N) is 1. The lowest BCUT2D eigenvalue weighted by Gasteiger charge is -2.24. The number of aliphatic hydroxyl groups is 1. The molecule has 0 spiro atoms. The van der Waals surface area contributed by atoms with Crippen LogP contribution in [0.2, 0.25) is 0 Å². The van der Waals surface area contributed by atoms with Gasteiger partial charge in [0.25, 0.3) is 0 Å². The van der Waals surface area contributed by atoms with Crippen molar-refractivity contribution in [3.63, 3.8) is 0 Å². The molecule has 1 fully saturated rings. The second-order valence-corrected chi connectivity index (χ2v) is 3.09. The van der Waals surface area contributed by atoms with Crippen molar-refractivity contribution in [3.8, 4) is 0 Å². The zero-order chi connectivity index (χ0) is 8.10. The van der Waals surface area contributed by atoms with Crippen LogP contribution in [0, 0.1) is 5.92 Å². The lowest BCUT2D eigenvalue weighted by atomic mass is 9.83. The van der Waals surface area contributed by atoms with E-state index in [-0.39, 0.29) is 12.5 Å². The Labute approximate surface area is 66.8 Å². The predicted molar refractivity (Wildman–Crippen MR) is 42.1 cm³/mol. The smallest absolute Gasteiger partial charge is 0.245 e. The van der Waals surface area contributed by atoms with E-state index in [4.69, 9.17) is 5.11 Å². The van der Waals surface area contributed by atoms with Crippen LogP contribution in [-0.2, 0) is 4.79 Å². The summed E-state index contributed by atoms with van der Waals surface area (Å²) in [5, 5.41) is 11.0. The summed E-state index contributed by atoms with van der Waals surface area (Å²) in [7, 11) is 0. The molecule has 0 atom stereocenters. The maximum atomic E-state index is 10.5. The molecule has 1 aliphatic carbocycles. The highest BCUT2D eigenvalue weighted by Crippen LogP contribution is 2.28. The minimum atomic E-state index is -0.384. The van der Waals surface area contributed by atoms with Gasteiger partial charge in [-0.05, 0) is 12.3 Å². The monoisotopic (exact) mass is 157 g/mol. The minimum absolute atomic E-state index is 0.260. The lowest BCUT2D eigenvalue weighted by molar-refractivity contribution is -0.123. The van der Waals surface area contributed by atoms with Crippen molar-refractivity contribution in [1.82, 2.24) is 5.32 Å². The van der Waals surface area contributed by atoms with Gasteiger partial charge in [0.2, 0.25) is 5.91 Å². The summed E-state index contributed by atoms with van der Waals surface area (Å²) in [6.45, 7) is 0.342. The summed E-state index contributed by atoms with van der Waals surface area (Å²) in [5.74, 6) is 0.568. The van der Waals surface area contributed by atoms with E-state index in [1.807, 2.05) is 0 Å². The molecular weight excluding hydrogens is 142 g/mol. The van der Waals surface area contributed by atoms with E-state index in [2.05, 4.69) is 5.32 Å².